The van der Waals surface area contributed by atoms with Gasteiger partial charge in [0.05, 0.1) is 6.04 Å². The largest absolute Gasteiger partial charge is 0.336 e. The quantitative estimate of drug-likeness (QED) is 0.905. The molecule has 0 saturated heterocycles. The molecular formula is C11H12BrN3. The summed E-state index contributed by atoms with van der Waals surface area (Å²) in [5.41, 5.74) is 7.18. The van der Waals surface area contributed by atoms with E-state index < -0.39 is 0 Å². The normalized spacial score (nSPS) is 12.7. The molecule has 0 spiro atoms. The second-order valence-corrected chi connectivity index (χ2v) is 4.34. The highest BCUT2D eigenvalue weighted by atomic mass is 79.9. The molecule has 2 rings (SSSR count). The molecule has 3 nitrogen and oxygen atoms in total. The molecular weight excluding hydrogens is 254 g/mol. The number of halogens is 1. The monoisotopic (exact) mass is 265 g/mol. The van der Waals surface area contributed by atoms with Crippen LogP contribution < -0.4 is 5.73 Å². The summed E-state index contributed by atoms with van der Waals surface area (Å²) in [5, 5.41) is 0. The lowest BCUT2D eigenvalue weighted by molar-refractivity contribution is 0.717. The molecule has 1 heterocycles. The summed E-state index contributed by atoms with van der Waals surface area (Å²) in [6.45, 7) is 0. The van der Waals surface area contributed by atoms with Crippen molar-refractivity contribution in [2.45, 2.75) is 6.04 Å². The number of rotatable bonds is 2. The first kappa shape index (κ1) is 10.4. The van der Waals surface area contributed by atoms with E-state index in [9.17, 15) is 0 Å². The summed E-state index contributed by atoms with van der Waals surface area (Å²) in [6, 6.07) is 7.81. The van der Waals surface area contributed by atoms with Crippen molar-refractivity contribution in [3.8, 4) is 0 Å². The Hall–Kier alpha value is -1.13. The van der Waals surface area contributed by atoms with E-state index in [4.69, 9.17) is 5.73 Å². The number of hydrogen-bond acceptors (Lipinski definition) is 2. The maximum atomic E-state index is 6.11. The van der Waals surface area contributed by atoms with Crippen molar-refractivity contribution in [2.24, 2.45) is 12.8 Å². The van der Waals surface area contributed by atoms with E-state index in [2.05, 4.69) is 20.9 Å². The number of benzene rings is 1. The molecule has 1 unspecified atom stereocenters. The Morgan fingerprint density at radius 2 is 2.00 bits per heavy atom. The molecule has 1 atom stereocenters. The summed E-state index contributed by atoms with van der Waals surface area (Å²) in [7, 11) is 1.95. The molecule has 4 heteroatoms. The van der Waals surface area contributed by atoms with Crippen LogP contribution in [-0.2, 0) is 7.05 Å². The van der Waals surface area contributed by atoms with Crippen molar-refractivity contribution in [1.29, 1.82) is 0 Å². The Labute approximate surface area is 97.1 Å². The number of nitrogens with zero attached hydrogens (tertiary/aromatic N) is 2. The van der Waals surface area contributed by atoms with Crippen LogP contribution in [0.25, 0.3) is 0 Å². The number of nitrogens with two attached hydrogens (primary N) is 1. The van der Waals surface area contributed by atoms with Crippen LogP contribution in [0.15, 0.2) is 41.1 Å². The zero-order valence-corrected chi connectivity index (χ0v) is 9.98. The maximum absolute atomic E-state index is 6.11. The molecule has 0 amide bonds. The average molecular weight is 266 g/mol. The van der Waals surface area contributed by atoms with E-state index in [-0.39, 0.29) is 6.04 Å². The van der Waals surface area contributed by atoms with Gasteiger partial charge in [0.2, 0.25) is 0 Å². The van der Waals surface area contributed by atoms with Crippen LogP contribution in [0.4, 0.5) is 0 Å². The van der Waals surface area contributed by atoms with Gasteiger partial charge in [-0.3, -0.25) is 0 Å². The molecule has 0 aliphatic carbocycles. The molecule has 1 aromatic heterocycles. The van der Waals surface area contributed by atoms with Gasteiger partial charge < -0.3 is 10.3 Å². The predicted octanol–water partition coefficient (Wildman–Crippen LogP) is 2.23. The van der Waals surface area contributed by atoms with Crippen molar-refractivity contribution in [2.75, 3.05) is 0 Å². The number of aromatic nitrogens is 2. The average Bonchev–Trinajstić information content (AvgIpc) is 2.65. The lowest BCUT2D eigenvalue weighted by Crippen LogP contribution is -2.16. The first-order chi connectivity index (χ1) is 7.18. The lowest BCUT2D eigenvalue weighted by atomic mass is 10.1. The van der Waals surface area contributed by atoms with Crippen molar-refractivity contribution in [3.63, 3.8) is 0 Å². The Morgan fingerprint density at radius 3 is 2.53 bits per heavy atom. The number of aryl methyl sites for hydroxylation is 1. The van der Waals surface area contributed by atoms with Gasteiger partial charge >= 0.3 is 0 Å². The predicted molar refractivity (Wildman–Crippen MR) is 63.4 cm³/mol. The molecule has 78 valence electrons. The van der Waals surface area contributed by atoms with Gasteiger partial charge in [-0.1, -0.05) is 28.1 Å². The van der Waals surface area contributed by atoms with E-state index in [1.54, 1.807) is 6.20 Å². The first-order valence-electron chi connectivity index (χ1n) is 4.67. The van der Waals surface area contributed by atoms with Crippen molar-refractivity contribution < 1.29 is 0 Å². The Balaban J connectivity index is 2.32. The van der Waals surface area contributed by atoms with Crippen LogP contribution in [0.1, 0.15) is 17.4 Å². The smallest absolute Gasteiger partial charge is 0.129 e. The Bertz CT molecular complexity index is 447. The van der Waals surface area contributed by atoms with Gasteiger partial charge in [0.1, 0.15) is 5.82 Å². The topological polar surface area (TPSA) is 43.8 Å². The zero-order chi connectivity index (χ0) is 10.8. The van der Waals surface area contributed by atoms with Gasteiger partial charge in [0.15, 0.2) is 0 Å². The minimum Gasteiger partial charge on any atom is -0.336 e. The molecule has 0 radical (unpaired) electrons. The molecule has 0 saturated carbocycles. The Morgan fingerprint density at radius 1 is 1.33 bits per heavy atom. The third kappa shape index (κ3) is 2.11. The van der Waals surface area contributed by atoms with E-state index in [1.807, 2.05) is 42.1 Å². The van der Waals surface area contributed by atoms with Crippen LogP contribution in [0.5, 0.6) is 0 Å². The van der Waals surface area contributed by atoms with Crippen LogP contribution in [0, 0.1) is 0 Å². The van der Waals surface area contributed by atoms with Crippen LogP contribution in [-0.4, -0.2) is 9.55 Å². The van der Waals surface area contributed by atoms with Crippen LogP contribution in [0.2, 0.25) is 0 Å². The van der Waals surface area contributed by atoms with E-state index >= 15 is 0 Å². The molecule has 2 aromatic rings. The van der Waals surface area contributed by atoms with Gasteiger partial charge in [-0.15, -0.1) is 0 Å². The third-order valence-corrected chi connectivity index (χ3v) is 2.89. The van der Waals surface area contributed by atoms with Gasteiger partial charge in [-0.25, -0.2) is 4.98 Å². The fourth-order valence-electron chi connectivity index (χ4n) is 1.50. The fourth-order valence-corrected chi connectivity index (χ4v) is 1.76. The van der Waals surface area contributed by atoms with Gasteiger partial charge in [-0.2, -0.15) is 0 Å². The summed E-state index contributed by atoms with van der Waals surface area (Å²) in [5.74, 6) is 0.873. The van der Waals surface area contributed by atoms with Crippen molar-refractivity contribution >= 4 is 15.9 Å². The van der Waals surface area contributed by atoms with E-state index in [1.165, 1.54) is 0 Å². The zero-order valence-electron chi connectivity index (χ0n) is 8.39. The number of imidazole rings is 1. The van der Waals surface area contributed by atoms with Crippen molar-refractivity contribution in [3.05, 3.63) is 52.5 Å². The summed E-state index contributed by atoms with van der Waals surface area (Å²) >= 11 is 3.40. The summed E-state index contributed by atoms with van der Waals surface area (Å²) in [6.07, 6.45) is 3.65. The molecule has 0 aliphatic heterocycles. The van der Waals surface area contributed by atoms with Gasteiger partial charge in [0, 0.05) is 23.9 Å². The Kier molecular flexibility index (Phi) is 2.88. The highest BCUT2D eigenvalue weighted by molar-refractivity contribution is 9.10. The summed E-state index contributed by atoms with van der Waals surface area (Å²) < 4.78 is 2.99. The van der Waals surface area contributed by atoms with E-state index in [0.29, 0.717) is 0 Å². The molecule has 0 bridgehead atoms. The fraction of sp³-hybridized carbons (Fsp3) is 0.182. The highest BCUT2D eigenvalue weighted by Crippen LogP contribution is 2.19. The second kappa shape index (κ2) is 4.16. The van der Waals surface area contributed by atoms with Crippen LogP contribution >= 0.6 is 15.9 Å². The second-order valence-electron chi connectivity index (χ2n) is 3.43. The molecule has 2 N–H and O–H groups in total. The third-order valence-electron chi connectivity index (χ3n) is 2.37. The maximum Gasteiger partial charge on any atom is 0.129 e. The highest BCUT2D eigenvalue weighted by Gasteiger charge is 2.12. The SMILES string of the molecule is Cn1ccnc1C(N)c1ccc(Br)cc1. The standard InChI is InChI=1S/C11H12BrN3/c1-15-7-6-14-11(15)10(13)8-2-4-9(12)5-3-8/h2-7,10H,13H2,1H3. The van der Waals surface area contributed by atoms with Gasteiger partial charge in [0.25, 0.3) is 0 Å². The van der Waals surface area contributed by atoms with Crippen molar-refractivity contribution in [1.82, 2.24) is 9.55 Å². The molecule has 0 fully saturated rings. The first-order valence-corrected chi connectivity index (χ1v) is 5.46. The molecule has 15 heavy (non-hydrogen) atoms. The minimum atomic E-state index is -0.168. The van der Waals surface area contributed by atoms with Crippen LogP contribution in [0.3, 0.4) is 0 Å². The minimum absolute atomic E-state index is 0.168. The van der Waals surface area contributed by atoms with E-state index in [0.717, 1.165) is 15.9 Å². The number of hydrogen-bond donors (Lipinski definition) is 1. The molecule has 1 aromatic carbocycles. The lowest BCUT2D eigenvalue weighted by Gasteiger charge is -2.11. The summed E-state index contributed by atoms with van der Waals surface area (Å²) in [4.78, 5) is 4.24. The molecule has 0 aliphatic rings. The van der Waals surface area contributed by atoms with Gasteiger partial charge in [-0.05, 0) is 17.7 Å².